The number of hydrogen-bond donors (Lipinski definition) is 12. The van der Waals surface area contributed by atoms with Gasteiger partial charge in [-0.15, -0.1) is 0 Å². The summed E-state index contributed by atoms with van der Waals surface area (Å²) in [5.74, 6) is -5.54. The Bertz CT molecular complexity index is 3610. The lowest BCUT2D eigenvalue weighted by Crippen LogP contribution is -2.49. The Morgan fingerprint density at radius 3 is 1.10 bits per heavy atom. The number of aromatic nitrogens is 6. The van der Waals surface area contributed by atoms with Crippen LogP contribution in [0, 0.1) is 0 Å². The maximum absolute atomic E-state index is 13.5. The molecule has 0 saturated carbocycles. The fraction of sp³-hybridized carbons (Fsp3) is 0.533. The number of ether oxygens (including phenoxy) is 2. The van der Waals surface area contributed by atoms with Crippen molar-refractivity contribution < 1.29 is 96.6 Å². The largest absolute Gasteiger partial charge is 0.493 e. The van der Waals surface area contributed by atoms with Crippen LogP contribution in [-0.2, 0) is 65.2 Å². The molecule has 0 radical (unpaired) electrons. The third-order valence-corrected chi connectivity index (χ3v) is 18.8. The van der Waals surface area contributed by atoms with E-state index in [4.69, 9.17) is 60.3 Å². The molecule has 6 aromatic rings. The van der Waals surface area contributed by atoms with Crippen molar-refractivity contribution in [2.24, 2.45) is 0 Å². The third-order valence-electron chi connectivity index (χ3n) is 15.0. The van der Waals surface area contributed by atoms with Gasteiger partial charge in [-0.3, -0.25) is 19.4 Å². The van der Waals surface area contributed by atoms with Crippen molar-refractivity contribution in [3.05, 3.63) is 80.6 Å². The van der Waals surface area contributed by atoms with Gasteiger partial charge in [-0.1, -0.05) is 40.5 Å². The number of aromatic amines is 2. The monoisotopic (exact) mass is 1360 g/mol. The molecular formula is C60H86N10O22S2. The molecule has 0 aliphatic carbocycles. The molecule has 2 fully saturated rings. The lowest BCUT2D eigenvalue weighted by molar-refractivity contribution is -0.165. The van der Waals surface area contributed by atoms with E-state index in [0.717, 1.165) is 49.7 Å². The van der Waals surface area contributed by atoms with Crippen LogP contribution in [0.5, 0.6) is 11.5 Å². The molecule has 4 atom stereocenters. The lowest BCUT2D eigenvalue weighted by atomic mass is 10.1. The molecule has 2 aromatic carbocycles. The molecule has 8 rings (SSSR count). The van der Waals surface area contributed by atoms with Crippen molar-refractivity contribution in [1.82, 2.24) is 47.5 Å². The van der Waals surface area contributed by atoms with Crippen LogP contribution in [0.2, 0.25) is 0 Å². The van der Waals surface area contributed by atoms with Gasteiger partial charge in [0.15, 0.2) is 24.4 Å². The molecule has 0 spiro atoms. The third kappa shape index (κ3) is 19.2. The molecule has 94 heavy (non-hydrogen) atoms. The topological polar surface area (TPSA) is 472 Å². The van der Waals surface area contributed by atoms with Crippen molar-refractivity contribution in [3.8, 4) is 34.3 Å². The number of fused-ring (bicyclic) bond motifs is 2. The Morgan fingerprint density at radius 2 is 0.830 bits per heavy atom. The Labute approximate surface area is 542 Å². The summed E-state index contributed by atoms with van der Waals surface area (Å²) in [5.41, 5.74) is 4.66. The van der Waals surface area contributed by atoms with E-state index < -0.39 is 68.3 Å². The number of hydrogen-bond acceptors (Lipinski definition) is 22. The van der Waals surface area contributed by atoms with Crippen molar-refractivity contribution in [3.63, 3.8) is 0 Å². The number of carboxylic acid groups (broad SMARTS) is 4. The van der Waals surface area contributed by atoms with Crippen LogP contribution in [0.3, 0.4) is 0 Å². The molecule has 0 amide bonds. The average Bonchev–Trinajstić information content (AvgIpc) is 1.42. The summed E-state index contributed by atoms with van der Waals surface area (Å²) >= 11 is 0. The molecule has 2 saturated heterocycles. The maximum atomic E-state index is 13.5. The summed E-state index contributed by atoms with van der Waals surface area (Å²) in [4.78, 5) is 85.3. The minimum Gasteiger partial charge on any atom is -0.493 e. The van der Waals surface area contributed by atoms with Crippen LogP contribution in [-0.4, -0.2) is 256 Å². The Morgan fingerprint density at radius 1 is 0.511 bits per heavy atom. The van der Waals surface area contributed by atoms with Gasteiger partial charge in [-0.2, -0.15) is 8.61 Å². The molecule has 0 bridgehead atoms. The minimum atomic E-state index is -3.77. The number of aliphatic hydroxyl groups excluding tert-OH is 6. The second-order valence-electron chi connectivity index (χ2n) is 21.7. The molecule has 0 unspecified atom stereocenters. The molecular weight excluding hydrogens is 1280 g/mol. The van der Waals surface area contributed by atoms with Gasteiger partial charge < -0.3 is 79.6 Å². The summed E-state index contributed by atoms with van der Waals surface area (Å²) in [7, 11) is -7.55. The number of carboxylic acids is 4. The summed E-state index contributed by atoms with van der Waals surface area (Å²) < 4.78 is 72.8. The Kier molecular flexibility index (Phi) is 29.2. The van der Waals surface area contributed by atoms with Gasteiger partial charge in [0.25, 0.3) is 11.1 Å². The van der Waals surface area contributed by atoms with Gasteiger partial charge in [-0.05, 0) is 87.1 Å². The summed E-state index contributed by atoms with van der Waals surface area (Å²) in [6.45, 7) is 19.1. The van der Waals surface area contributed by atoms with Crippen LogP contribution in [0.15, 0.2) is 68.2 Å². The first-order valence-corrected chi connectivity index (χ1v) is 33.6. The van der Waals surface area contributed by atoms with Gasteiger partial charge >= 0.3 is 23.9 Å². The molecule has 520 valence electrons. The SMILES string of the molecule is CCCOc1ccc(S(=O)(=O)N2CCN(CCO)CC2)cc1-c1nc2c(CCC)cn(CC)c2c(=O)[nH]1.CCCOc1ccc(S(=O)(=O)N2CCN(CCO)CC2)cc1-c1nc2c(CCC)cn(CC)c2c(=O)[nH]1.O=C(O)[C@@H](O)[C@H](O)C(=O)O.O=C(O)[C@@H](O)[C@H](O)C(=O)O. The number of aliphatic hydroxyl groups is 6. The van der Waals surface area contributed by atoms with Crippen molar-refractivity contribution in [2.45, 2.75) is 127 Å². The van der Waals surface area contributed by atoms with Crippen molar-refractivity contribution in [1.29, 1.82) is 0 Å². The molecule has 2 aliphatic rings. The number of nitrogens with zero attached hydrogens (tertiary/aromatic N) is 8. The van der Waals surface area contributed by atoms with E-state index in [0.29, 0.717) is 148 Å². The van der Waals surface area contributed by atoms with Crippen LogP contribution < -0.4 is 20.6 Å². The quantitative estimate of drug-likeness (QED) is 0.0321. The fourth-order valence-corrected chi connectivity index (χ4v) is 13.0. The number of aliphatic carboxylic acids is 4. The smallest absolute Gasteiger partial charge is 0.335 e. The van der Waals surface area contributed by atoms with Crippen LogP contribution in [0.25, 0.3) is 44.8 Å². The van der Waals surface area contributed by atoms with E-state index in [1.54, 1.807) is 36.4 Å². The number of nitrogens with one attached hydrogen (secondary N) is 2. The van der Waals surface area contributed by atoms with Crippen molar-refractivity contribution in [2.75, 3.05) is 91.9 Å². The van der Waals surface area contributed by atoms with E-state index in [1.165, 1.54) is 8.61 Å². The highest BCUT2D eigenvalue weighted by atomic mass is 32.2. The first kappa shape index (κ1) is 77.0. The molecule has 2 aliphatic heterocycles. The lowest BCUT2D eigenvalue weighted by Gasteiger charge is -2.33. The zero-order valence-corrected chi connectivity index (χ0v) is 54.9. The number of H-pyrrole nitrogens is 2. The van der Waals surface area contributed by atoms with Gasteiger partial charge in [0.2, 0.25) is 20.0 Å². The highest BCUT2D eigenvalue weighted by Crippen LogP contribution is 2.35. The summed E-state index contributed by atoms with van der Waals surface area (Å²) in [5, 5.41) is 83.4. The minimum absolute atomic E-state index is 0.0481. The molecule has 32 nitrogen and oxygen atoms in total. The number of carbonyl (C=O) groups is 4. The van der Waals surface area contributed by atoms with Crippen LogP contribution in [0.4, 0.5) is 0 Å². The summed E-state index contributed by atoms with van der Waals surface area (Å²) in [6.07, 6.45) is -0.151. The van der Waals surface area contributed by atoms with Gasteiger partial charge in [0.05, 0.1) is 58.4 Å². The van der Waals surface area contributed by atoms with E-state index in [2.05, 4.69) is 23.8 Å². The number of piperazine rings is 2. The second kappa shape index (κ2) is 35.7. The zero-order valence-electron chi connectivity index (χ0n) is 53.2. The maximum Gasteiger partial charge on any atom is 0.335 e. The Hall–Kier alpha value is -7.74. The van der Waals surface area contributed by atoms with Crippen LogP contribution >= 0.6 is 0 Å². The Balaban J connectivity index is 0.000000264. The first-order valence-electron chi connectivity index (χ1n) is 30.7. The number of rotatable bonds is 28. The van der Waals surface area contributed by atoms with Crippen LogP contribution in [0.1, 0.15) is 78.4 Å². The normalized spacial score (nSPS) is 15.5. The van der Waals surface area contributed by atoms with Gasteiger partial charge in [0, 0.05) is 90.9 Å². The number of aryl methyl sites for hydroxylation is 4. The molecule has 4 aromatic heterocycles. The number of benzene rings is 2. The van der Waals surface area contributed by atoms with E-state index in [1.807, 2.05) is 59.0 Å². The van der Waals surface area contributed by atoms with Gasteiger partial charge in [-0.25, -0.2) is 46.0 Å². The highest BCUT2D eigenvalue weighted by Gasteiger charge is 2.33. The first-order chi connectivity index (χ1) is 44.6. The predicted octanol–water partition coefficient (Wildman–Crippen LogP) is 0.658. The second-order valence-corrected chi connectivity index (χ2v) is 25.6. The number of sulfonamides is 2. The van der Waals surface area contributed by atoms with E-state index in [-0.39, 0.29) is 34.1 Å². The molecule has 12 N–H and O–H groups in total. The highest BCUT2D eigenvalue weighted by molar-refractivity contribution is 7.89. The van der Waals surface area contributed by atoms with E-state index >= 15 is 0 Å². The predicted molar refractivity (Wildman–Crippen MR) is 342 cm³/mol. The van der Waals surface area contributed by atoms with Gasteiger partial charge in [0.1, 0.15) is 34.2 Å². The zero-order chi connectivity index (χ0) is 69.8. The number of β-amino-alcohol motifs (C(OH)–C–C–N with tert-alkyl or cyclic N) is 2. The fourth-order valence-electron chi connectivity index (χ4n) is 10.1. The molecule has 6 heterocycles. The van der Waals surface area contributed by atoms with Crippen molar-refractivity contribution >= 4 is 66.0 Å². The average molecular weight is 1360 g/mol. The summed E-state index contributed by atoms with van der Waals surface area (Å²) in [6, 6.07) is 9.51. The van der Waals surface area contributed by atoms with E-state index in [9.17, 15) is 55.8 Å². The standard InChI is InChI=1S/2C26H37N5O5S.2C4H6O6/c2*1-4-7-19-18-30(6-3)24-23(19)27-25(28-26(24)33)21-17-20(8-9-22(21)36-16-5-2)37(34,35)31-12-10-29(11-13-31)14-15-32;2*5-1(3(7)8)2(6)4(9)10/h2*8-9,17-18,32H,4-7,10-16H2,1-3H3,(H,27,28,33);2*1-2,5-6H,(H,7,8)(H,9,10)/t;;2*1-,2-/m..00/s1. The molecule has 34 heteroatoms.